The van der Waals surface area contributed by atoms with Crippen LogP contribution in [0.25, 0.3) is 0 Å². The van der Waals surface area contributed by atoms with Gasteiger partial charge in [0, 0.05) is 18.6 Å². The first-order valence-electron chi connectivity index (χ1n) is 8.41. The van der Waals surface area contributed by atoms with Crippen molar-refractivity contribution in [2.75, 3.05) is 0 Å². The zero-order valence-electron chi connectivity index (χ0n) is 15.4. The van der Waals surface area contributed by atoms with Gasteiger partial charge in [-0.25, -0.2) is 19.2 Å². The second-order valence-corrected chi connectivity index (χ2v) is 5.79. The molecular formula is C19H15NO10. The molecule has 0 saturated carbocycles. The topological polar surface area (TPSA) is 170 Å². The van der Waals surface area contributed by atoms with E-state index in [1.54, 1.807) is 0 Å². The lowest BCUT2D eigenvalue weighted by Crippen LogP contribution is -2.26. The van der Waals surface area contributed by atoms with Gasteiger partial charge in [-0.1, -0.05) is 19.1 Å². The molecule has 0 amide bonds. The van der Waals surface area contributed by atoms with Gasteiger partial charge >= 0.3 is 23.9 Å². The minimum absolute atomic E-state index is 0.0257. The van der Waals surface area contributed by atoms with Crippen molar-refractivity contribution in [2.24, 2.45) is 0 Å². The Morgan fingerprint density at radius 3 is 1.87 bits per heavy atom. The van der Waals surface area contributed by atoms with E-state index in [1.165, 1.54) is 31.2 Å². The number of benzene rings is 2. The van der Waals surface area contributed by atoms with E-state index in [9.17, 15) is 34.4 Å². The minimum atomic E-state index is -1.59. The standard InChI is InChI=1S/C19H15NO10/c1-2-15(29-18(25)12-6-4-3-5-11(12)16(21)22)30-19(26)13-8-7-10(20(27)28)9-14(13)17(23)24/h3-9,15H,2H2,1H3,(H,21,22)(H,23,24). The van der Waals surface area contributed by atoms with E-state index in [1.807, 2.05) is 0 Å². The zero-order valence-corrected chi connectivity index (χ0v) is 15.4. The van der Waals surface area contributed by atoms with Crippen molar-refractivity contribution in [3.05, 3.63) is 74.8 Å². The normalized spacial score (nSPS) is 11.2. The van der Waals surface area contributed by atoms with Gasteiger partial charge < -0.3 is 19.7 Å². The Kier molecular flexibility index (Phi) is 6.81. The maximum atomic E-state index is 12.4. The van der Waals surface area contributed by atoms with Crippen LogP contribution in [0, 0.1) is 10.1 Å². The number of carbonyl (C=O) groups excluding carboxylic acids is 2. The molecule has 1 atom stereocenters. The molecule has 11 heteroatoms. The summed E-state index contributed by atoms with van der Waals surface area (Å²) < 4.78 is 10.0. The molecule has 0 radical (unpaired) electrons. The third-order valence-electron chi connectivity index (χ3n) is 3.85. The van der Waals surface area contributed by atoms with Crippen LogP contribution in [0.2, 0.25) is 0 Å². The van der Waals surface area contributed by atoms with Crippen LogP contribution in [0.15, 0.2) is 42.5 Å². The van der Waals surface area contributed by atoms with E-state index < -0.39 is 51.9 Å². The summed E-state index contributed by atoms with van der Waals surface area (Å²) in [6.45, 7) is 1.50. The van der Waals surface area contributed by atoms with Gasteiger partial charge in [-0.15, -0.1) is 0 Å². The first-order valence-corrected chi connectivity index (χ1v) is 8.41. The zero-order chi connectivity index (χ0) is 22.4. The number of rotatable bonds is 8. The van der Waals surface area contributed by atoms with Crippen molar-refractivity contribution in [1.82, 2.24) is 0 Å². The molecule has 156 valence electrons. The van der Waals surface area contributed by atoms with Gasteiger partial charge in [-0.2, -0.15) is 0 Å². The SMILES string of the molecule is CCC(OC(=O)c1ccccc1C(=O)O)OC(=O)c1ccc([N+](=O)[O-])cc1C(=O)O. The number of hydrogen-bond acceptors (Lipinski definition) is 8. The van der Waals surface area contributed by atoms with Gasteiger partial charge in [-0.3, -0.25) is 10.1 Å². The van der Waals surface area contributed by atoms with Gasteiger partial charge in [-0.05, 0) is 18.2 Å². The molecule has 0 bridgehead atoms. The fraction of sp³-hybridized carbons (Fsp3) is 0.158. The van der Waals surface area contributed by atoms with Crippen LogP contribution < -0.4 is 0 Å². The maximum Gasteiger partial charge on any atom is 0.342 e. The van der Waals surface area contributed by atoms with E-state index in [0.29, 0.717) is 6.07 Å². The summed E-state index contributed by atoms with van der Waals surface area (Å²) >= 11 is 0. The molecular weight excluding hydrogens is 402 g/mol. The van der Waals surface area contributed by atoms with Gasteiger partial charge in [0.1, 0.15) is 0 Å². The Morgan fingerprint density at radius 1 is 0.900 bits per heavy atom. The molecule has 0 aliphatic rings. The Hall–Kier alpha value is -4.28. The fourth-order valence-corrected chi connectivity index (χ4v) is 2.40. The highest BCUT2D eigenvalue weighted by atomic mass is 16.7. The summed E-state index contributed by atoms with van der Waals surface area (Å²) in [5.41, 5.74) is -2.25. The lowest BCUT2D eigenvalue weighted by molar-refractivity contribution is -0.384. The summed E-state index contributed by atoms with van der Waals surface area (Å²) in [6, 6.07) is 7.80. The second-order valence-electron chi connectivity index (χ2n) is 5.79. The number of nitro benzene ring substituents is 1. The van der Waals surface area contributed by atoms with Gasteiger partial charge in [0.25, 0.3) is 5.69 Å². The molecule has 2 N–H and O–H groups in total. The quantitative estimate of drug-likeness (QED) is 0.282. The third-order valence-corrected chi connectivity index (χ3v) is 3.85. The molecule has 0 aliphatic carbocycles. The van der Waals surface area contributed by atoms with E-state index in [-0.39, 0.29) is 17.5 Å². The van der Waals surface area contributed by atoms with E-state index in [2.05, 4.69) is 0 Å². The van der Waals surface area contributed by atoms with Crippen LogP contribution in [0.4, 0.5) is 5.69 Å². The molecule has 2 rings (SSSR count). The summed E-state index contributed by atoms with van der Waals surface area (Å²) in [4.78, 5) is 57.2. The lowest BCUT2D eigenvalue weighted by atomic mass is 10.1. The molecule has 0 saturated heterocycles. The number of non-ortho nitro benzene ring substituents is 1. The van der Waals surface area contributed by atoms with Crippen LogP contribution in [0.1, 0.15) is 54.8 Å². The van der Waals surface area contributed by atoms with Gasteiger partial charge in [0.05, 0.1) is 27.2 Å². The van der Waals surface area contributed by atoms with E-state index in [0.717, 1.165) is 12.1 Å². The van der Waals surface area contributed by atoms with Crippen LogP contribution >= 0.6 is 0 Å². The predicted molar refractivity (Wildman–Crippen MR) is 98.4 cm³/mol. The number of esters is 2. The van der Waals surface area contributed by atoms with Crippen molar-refractivity contribution in [1.29, 1.82) is 0 Å². The average Bonchev–Trinajstić information content (AvgIpc) is 2.72. The number of carboxylic acid groups (broad SMARTS) is 2. The predicted octanol–water partition coefficient (Wildman–Crippen LogP) is 2.74. The number of nitrogens with zero attached hydrogens (tertiary/aromatic N) is 1. The van der Waals surface area contributed by atoms with E-state index in [4.69, 9.17) is 14.6 Å². The molecule has 1 unspecified atom stereocenters. The molecule has 30 heavy (non-hydrogen) atoms. The maximum absolute atomic E-state index is 12.4. The largest absolute Gasteiger partial charge is 0.478 e. The Morgan fingerprint density at radius 2 is 1.40 bits per heavy atom. The molecule has 0 fully saturated rings. The Bertz CT molecular complexity index is 1030. The Labute approximate surface area is 168 Å². The first kappa shape index (κ1) is 22.0. The van der Waals surface area contributed by atoms with Gasteiger partial charge in [0.15, 0.2) is 0 Å². The monoisotopic (exact) mass is 417 g/mol. The molecule has 2 aromatic rings. The van der Waals surface area contributed by atoms with Crippen molar-refractivity contribution < 1.29 is 43.8 Å². The molecule has 0 aromatic heterocycles. The molecule has 2 aromatic carbocycles. The highest BCUT2D eigenvalue weighted by Crippen LogP contribution is 2.20. The highest BCUT2D eigenvalue weighted by Gasteiger charge is 2.26. The summed E-state index contributed by atoms with van der Waals surface area (Å²) in [6.07, 6.45) is -1.48. The third kappa shape index (κ3) is 4.95. The van der Waals surface area contributed by atoms with Crippen LogP contribution in [-0.4, -0.2) is 45.3 Å². The summed E-state index contributed by atoms with van der Waals surface area (Å²) in [5.74, 6) is -5.20. The summed E-state index contributed by atoms with van der Waals surface area (Å²) in [7, 11) is 0. The van der Waals surface area contributed by atoms with Crippen LogP contribution in [-0.2, 0) is 9.47 Å². The van der Waals surface area contributed by atoms with Crippen molar-refractivity contribution in [2.45, 2.75) is 19.6 Å². The highest BCUT2D eigenvalue weighted by molar-refractivity contribution is 6.04. The van der Waals surface area contributed by atoms with Crippen LogP contribution in [0.5, 0.6) is 0 Å². The Balaban J connectivity index is 2.23. The number of hydrogen-bond donors (Lipinski definition) is 2. The first-order chi connectivity index (χ1) is 14.1. The molecule has 0 aliphatic heterocycles. The summed E-state index contributed by atoms with van der Waals surface area (Å²) in [5, 5.41) is 29.2. The number of carboxylic acids is 2. The second kappa shape index (κ2) is 9.28. The van der Waals surface area contributed by atoms with Crippen LogP contribution in [0.3, 0.4) is 0 Å². The van der Waals surface area contributed by atoms with Crippen molar-refractivity contribution in [3.8, 4) is 0 Å². The van der Waals surface area contributed by atoms with Gasteiger partial charge in [0.2, 0.25) is 6.29 Å². The number of ether oxygens (including phenoxy) is 2. The van der Waals surface area contributed by atoms with Crippen molar-refractivity contribution >= 4 is 29.6 Å². The molecule has 0 spiro atoms. The average molecular weight is 417 g/mol. The molecule has 0 heterocycles. The number of nitro groups is 1. The number of carbonyl (C=O) groups is 4. The fourth-order valence-electron chi connectivity index (χ4n) is 2.40. The van der Waals surface area contributed by atoms with Crippen molar-refractivity contribution in [3.63, 3.8) is 0 Å². The number of aromatic carboxylic acids is 2. The minimum Gasteiger partial charge on any atom is -0.478 e. The molecule has 11 nitrogen and oxygen atoms in total. The van der Waals surface area contributed by atoms with E-state index >= 15 is 0 Å². The smallest absolute Gasteiger partial charge is 0.342 e. The lowest BCUT2D eigenvalue weighted by Gasteiger charge is -2.18.